The van der Waals surface area contributed by atoms with E-state index in [4.69, 9.17) is 16.1 Å². The Morgan fingerprint density at radius 2 is 2.07 bits per heavy atom. The monoisotopic (exact) mass is 252 g/mol. The molecule has 0 bridgehead atoms. The van der Waals surface area contributed by atoms with Crippen LogP contribution in [0.15, 0.2) is 30.3 Å². The van der Waals surface area contributed by atoms with Crippen LogP contribution in [0.25, 0.3) is 0 Å². The quantitative estimate of drug-likeness (QED) is 0.597. The molecule has 6 heteroatoms. The molecule has 1 aromatic rings. The van der Waals surface area contributed by atoms with Crippen LogP contribution in [-0.2, 0) is 13.6 Å². The van der Waals surface area contributed by atoms with Crippen LogP contribution in [0, 0.1) is 0 Å². The van der Waals surface area contributed by atoms with Crippen molar-refractivity contribution >= 4 is 24.5 Å². The predicted molar refractivity (Wildman–Crippen MR) is 57.4 cm³/mol. The van der Waals surface area contributed by atoms with Gasteiger partial charge in [0, 0.05) is 7.11 Å². The zero-order valence-corrected chi connectivity index (χ0v) is 9.75. The molecule has 0 fully saturated rings. The van der Waals surface area contributed by atoms with Crippen molar-refractivity contribution in [2.45, 2.75) is 6.36 Å². The zero-order chi connectivity index (χ0) is 11.3. The molecule has 2 atom stereocenters. The maximum absolute atomic E-state index is 12.9. The van der Waals surface area contributed by atoms with Gasteiger partial charge in [0.2, 0.25) is 6.36 Å². The van der Waals surface area contributed by atoms with Gasteiger partial charge in [0.1, 0.15) is 0 Å². The normalized spacial score (nSPS) is 17.0. The summed E-state index contributed by atoms with van der Waals surface area (Å²) >= 11 is 5.23. The summed E-state index contributed by atoms with van der Waals surface area (Å²) in [7, 11) is -2.38. The fraction of sp³-hybridized carbons (Fsp3) is 0.333. The lowest BCUT2D eigenvalue weighted by Crippen LogP contribution is -2.14. The maximum atomic E-state index is 12.9. The van der Waals surface area contributed by atoms with Crippen LogP contribution in [0.4, 0.5) is 4.39 Å². The van der Waals surface area contributed by atoms with Gasteiger partial charge in [0.05, 0.1) is 11.2 Å². The van der Waals surface area contributed by atoms with Gasteiger partial charge in [0.15, 0.2) is 0 Å². The van der Waals surface area contributed by atoms with Crippen molar-refractivity contribution in [1.82, 2.24) is 0 Å². The summed E-state index contributed by atoms with van der Waals surface area (Å²) in [5.74, 6) is -0.389. The summed E-state index contributed by atoms with van der Waals surface area (Å²) in [6, 6.07) is 8.17. The number of hydrogen-bond donors (Lipinski definition) is 0. The number of halogens is 2. The largest absolute Gasteiger partial charge is 0.363 e. The van der Waals surface area contributed by atoms with Crippen molar-refractivity contribution in [3.05, 3.63) is 30.3 Å². The average Bonchev–Trinajstić information content (AvgIpc) is 2.30. The summed E-state index contributed by atoms with van der Waals surface area (Å²) in [5.41, 5.74) is 0. The number of hydrogen-bond acceptors (Lipinski definition) is 3. The first kappa shape index (κ1) is 12.7. The molecule has 0 aliphatic carbocycles. The molecule has 15 heavy (non-hydrogen) atoms. The van der Waals surface area contributed by atoms with E-state index in [2.05, 4.69) is 4.52 Å². The zero-order valence-electron chi connectivity index (χ0n) is 8.10. The lowest BCUT2D eigenvalue weighted by Gasteiger charge is -2.17. The van der Waals surface area contributed by atoms with Gasteiger partial charge in [-0.2, -0.15) is 0 Å². The Kier molecular flexibility index (Phi) is 4.74. The van der Waals surface area contributed by atoms with Gasteiger partial charge in [0.25, 0.3) is 0 Å². The molecular weight excluding hydrogens is 242 g/mol. The molecule has 84 valence electrons. The number of benzene rings is 1. The van der Waals surface area contributed by atoms with E-state index in [9.17, 15) is 8.96 Å². The van der Waals surface area contributed by atoms with Gasteiger partial charge in [-0.15, -0.1) is 11.6 Å². The summed E-state index contributed by atoms with van der Waals surface area (Å²) in [5, 5.41) is 0.306. The Hall–Kier alpha value is -0.410. The molecule has 1 rings (SSSR count). The van der Waals surface area contributed by atoms with Crippen LogP contribution in [-0.4, -0.2) is 19.3 Å². The van der Waals surface area contributed by atoms with Crippen molar-refractivity contribution in [2.75, 3.05) is 13.0 Å². The minimum atomic E-state index is -3.58. The highest BCUT2D eigenvalue weighted by Crippen LogP contribution is 2.47. The third-order valence-corrected chi connectivity index (χ3v) is 3.85. The third-order valence-electron chi connectivity index (χ3n) is 1.69. The minimum Gasteiger partial charge on any atom is -0.309 e. The van der Waals surface area contributed by atoms with E-state index in [1.165, 1.54) is 7.11 Å². The molecule has 0 aliphatic heterocycles. The topological polar surface area (TPSA) is 35.5 Å². The molecule has 0 N–H and O–H groups in total. The molecule has 0 radical (unpaired) electrons. The molecule has 0 amide bonds. The SMILES string of the molecule is COP(=O)(OC(F)CCl)c1ccccc1. The smallest absolute Gasteiger partial charge is 0.309 e. The maximum Gasteiger partial charge on any atom is 0.363 e. The molecule has 3 nitrogen and oxygen atoms in total. The van der Waals surface area contributed by atoms with Crippen LogP contribution in [0.5, 0.6) is 0 Å². The molecule has 0 spiro atoms. The van der Waals surface area contributed by atoms with E-state index in [-0.39, 0.29) is 5.88 Å². The second kappa shape index (κ2) is 5.61. The van der Waals surface area contributed by atoms with Gasteiger partial charge in [-0.1, -0.05) is 18.2 Å². The highest BCUT2D eigenvalue weighted by molar-refractivity contribution is 7.62. The molecule has 0 heterocycles. The summed E-state index contributed by atoms with van der Waals surface area (Å²) in [6.07, 6.45) is -1.81. The first-order valence-electron chi connectivity index (χ1n) is 4.22. The lowest BCUT2D eigenvalue weighted by molar-refractivity contribution is 0.0744. The van der Waals surface area contributed by atoms with Crippen molar-refractivity contribution in [3.63, 3.8) is 0 Å². The fourth-order valence-electron chi connectivity index (χ4n) is 0.999. The Morgan fingerprint density at radius 3 is 2.53 bits per heavy atom. The summed E-state index contributed by atoms with van der Waals surface area (Å²) in [4.78, 5) is 0. The lowest BCUT2D eigenvalue weighted by atomic mass is 10.4. The van der Waals surface area contributed by atoms with Crippen molar-refractivity contribution in [1.29, 1.82) is 0 Å². The molecular formula is C9H11ClFO3P. The Morgan fingerprint density at radius 1 is 1.47 bits per heavy atom. The standard InChI is InChI=1S/C9H11ClFO3P/c1-13-15(12,14-9(11)7-10)8-5-3-2-4-6-8/h2-6,9H,7H2,1H3. The molecule has 0 aromatic heterocycles. The Bertz CT molecular complexity index is 346. The fourth-order valence-corrected chi connectivity index (χ4v) is 2.48. The summed E-state index contributed by atoms with van der Waals surface area (Å²) in [6.45, 7) is 0. The summed E-state index contributed by atoms with van der Waals surface area (Å²) < 4.78 is 34.3. The van der Waals surface area contributed by atoms with Crippen LogP contribution in [0.1, 0.15) is 0 Å². The van der Waals surface area contributed by atoms with Crippen LogP contribution in [0.2, 0.25) is 0 Å². The molecule has 0 aliphatic rings. The number of alkyl halides is 2. The minimum absolute atomic E-state index is 0.306. The predicted octanol–water partition coefficient (Wildman–Crippen LogP) is 2.70. The Labute approximate surface area is 92.7 Å². The van der Waals surface area contributed by atoms with E-state index in [0.717, 1.165) is 0 Å². The van der Waals surface area contributed by atoms with Crippen molar-refractivity contribution < 1.29 is 18.0 Å². The molecule has 2 unspecified atom stereocenters. The second-order valence-electron chi connectivity index (χ2n) is 2.69. The van der Waals surface area contributed by atoms with Gasteiger partial charge in [-0.3, -0.25) is 9.09 Å². The van der Waals surface area contributed by atoms with Crippen LogP contribution in [0.3, 0.4) is 0 Å². The van der Waals surface area contributed by atoms with E-state index in [1.54, 1.807) is 30.3 Å². The van der Waals surface area contributed by atoms with E-state index in [1.807, 2.05) is 0 Å². The molecule has 1 aromatic carbocycles. The van der Waals surface area contributed by atoms with E-state index in [0.29, 0.717) is 5.30 Å². The van der Waals surface area contributed by atoms with Gasteiger partial charge in [-0.25, -0.2) is 4.39 Å². The second-order valence-corrected chi connectivity index (χ2v) is 5.08. The highest BCUT2D eigenvalue weighted by atomic mass is 35.5. The van der Waals surface area contributed by atoms with Gasteiger partial charge >= 0.3 is 7.60 Å². The van der Waals surface area contributed by atoms with E-state index < -0.39 is 14.0 Å². The Balaban J connectivity index is 2.91. The highest BCUT2D eigenvalue weighted by Gasteiger charge is 2.29. The molecule has 0 saturated heterocycles. The average molecular weight is 253 g/mol. The van der Waals surface area contributed by atoms with Crippen molar-refractivity contribution in [3.8, 4) is 0 Å². The van der Waals surface area contributed by atoms with Crippen LogP contribution < -0.4 is 5.30 Å². The van der Waals surface area contributed by atoms with E-state index >= 15 is 0 Å². The van der Waals surface area contributed by atoms with Gasteiger partial charge < -0.3 is 4.52 Å². The third kappa shape index (κ3) is 3.28. The molecule has 0 saturated carbocycles. The number of rotatable bonds is 5. The first-order valence-corrected chi connectivity index (χ1v) is 6.30. The van der Waals surface area contributed by atoms with Crippen LogP contribution >= 0.6 is 19.2 Å². The van der Waals surface area contributed by atoms with Crippen molar-refractivity contribution in [2.24, 2.45) is 0 Å². The van der Waals surface area contributed by atoms with Gasteiger partial charge in [-0.05, 0) is 12.1 Å². The first-order chi connectivity index (χ1) is 7.12.